The van der Waals surface area contributed by atoms with Gasteiger partial charge in [-0.2, -0.15) is 23.3 Å². The lowest BCUT2D eigenvalue weighted by Crippen LogP contribution is -2.39. The molecular weight excluding hydrogens is 657 g/mol. The van der Waals surface area contributed by atoms with Gasteiger partial charge in [0.2, 0.25) is 17.7 Å². The van der Waals surface area contributed by atoms with Crippen molar-refractivity contribution in [2.45, 2.75) is 107 Å². The fraction of sp³-hybridized carbons (Fsp3) is 0.613. The SMILES string of the molecule is O=C(N[C@H](c1cn2ncc(C[C@@]3(Cc4noc(C5CC5)n4)C[C@@H](C(F)(F)F)NC3=O)cc2n1)C1CCC(F)(F)CC1)c1nonc1C1CC1. The topological polar surface area (TPSA) is 166 Å². The summed E-state index contributed by atoms with van der Waals surface area (Å²) in [5.41, 5.74) is 0.0495. The van der Waals surface area contributed by atoms with E-state index in [4.69, 9.17) is 14.1 Å². The molecule has 4 aromatic heterocycles. The molecule has 4 fully saturated rings. The number of imidazole rings is 1. The van der Waals surface area contributed by atoms with Crippen LogP contribution in [-0.4, -0.2) is 65.0 Å². The lowest BCUT2D eigenvalue weighted by molar-refractivity contribution is -0.155. The normalized spacial score (nSPS) is 25.1. The number of fused-ring (bicyclic) bond motifs is 1. The molecule has 3 atom stereocenters. The van der Waals surface area contributed by atoms with Crippen molar-refractivity contribution in [3.8, 4) is 0 Å². The third-order valence-corrected chi connectivity index (χ3v) is 10.2. The van der Waals surface area contributed by atoms with Crippen molar-refractivity contribution in [3.05, 3.63) is 52.8 Å². The molecule has 4 aromatic rings. The fourth-order valence-corrected chi connectivity index (χ4v) is 7.14. The van der Waals surface area contributed by atoms with E-state index in [2.05, 4.69) is 36.2 Å². The minimum Gasteiger partial charge on any atom is -0.344 e. The highest BCUT2D eigenvalue weighted by Crippen LogP contribution is 2.45. The molecule has 4 aliphatic rings. The van der Waals surface area contributed by atoms with E-state index in [1.165, 1.54) is 10.7 Å². The maximum absolute atomic E-state index is 14.1. The zero-order valence-electron chi connectivity index (χ0n) is 26.1. The van der Waals surface area contributed by atoms with Crippen molar-refractivity contribution in [2.24, 2.45) is 11.3 Å². The van der Waals surface area contributed by atoms with Crippen molar-refractivity contribution in [1.29, 1.82) is 0 Å². The number of nitrogens with one attached hydrogen (secondary N) is 2. The third kappa shape index (κ3) is 6.36. The van der Waals surface area contributed by atoms with Gasteiger partial charge in [0.05, 0.1) is 29.5 Å². The van der Waals surface area contributed by atoms with Crippen LogP contribution in [0.25, 0.3) is 5.65 Å². The summed E-state index contributed by atoms with van der Waals surface area (Å²) >= 11 is 0. The largest absolute Gasteiger partial charge is 0.408 e. The molecule has 1 saturated heterocycles. The van der Waals surface area contributed by atoms with Gasteiger partial charge in [-0.3, -0.25) is 9.59 Å². The highest BCUT2D eigenvalue weighted by Gasteiger charge is 2.56. The molecule has 0 radical (unpaired) electrons. The van der Waals surface area contributed by atoms with Gasteiger partial charge in [0.25, 0.3) is 5.91 Å². The zero-order valence-corrected chi connectivity index (χ0v) is 26.1. The number of hydrogen-bond acceptors (Lipinski definition) is 10. The number of halogens is 5. The van der Waals surface area contributed by atoms with Crippen LogP contribution in [0.1, 0.15) is 115 Å². The van der Waals surface area contributed by atoms with E-state index in [0.29, 0.717) is 28.5 Å². The Balaban J connectivity index is 1.08. The molecule has 3 aliphatic carbocycles. The number of amides is 2. The van der Waals surface area contributed by atoms with E-state index in [9.17, 15) is 31.5 Å². The van der Waals surface area contributed by atoms with Crippen LogP contribution in [0.4, 0.5) is 22.0 Å². The lowest BCUT2D eigenvalue weighted by atomic mass is 9.76. The standard InChI is InChI=1S/C31H32F5N9O4/c32-30(33)7-5-17(6-8-30)23(41-26(46)25-24(16-1-2-16)43-49-44-25)19-14-45-22(38-19)9-15(13-37-45)10-29(11-20(31(34,35)36)39-28(29)47)12-21-40-27(48-42-21)18-3-4-18/h9,13-14,16-18,20,23H,1-8,10-12H2,(H,39,47)(H,41,46)/t20-,23-,29-/m0/s1. The molecule has 0 unspecified atom stereocenters. The van der Waals surface area contributed by atoms with Crippen LogP contribution in [0, 0.1) is 11.3 Å². The van der Waals surface area contributed by atoms with E-state index in [1.807, 2.05) is 0 Å². The maximum Gasteiger partial charge on any atom is 0.408 e. The molecule has 1 aliphatic heterocycles. The summed E-state index contributed by atoms with van der Waals surface area (Å²) < 4.78 is 81.3. The Labute approximate surface area is 274 Å². The highest BCUT2D eigenvalue weighted by molar-refractivity contribution is 5.93. The molecule has 2 amide bonds. The van der Waals surface area contributed by atoms with E-state index >= 15 is 0 Å². The predicted molar refractivity (Wildman–Crippen MR) is 155 cm³/mol. The number of nitrogens with zero attached hydrogens (tertiary/aromatic N) is 7. The number of aromatic nitrogens is 7. The summed E-state index contributed by atoms with van der Waals surface area (Å²) in [6.45, 7) is 0. The number of alkyl halides is 5. The minimum atomic E-state index is -4.65. The van der Waals surface area contributed by atoms with Gasteiger partial charge in [-0.15, -0.1) is 0 Å². The van der Waals surface area contributed by atoms with Crippen molar-refractivity contribution in [2.75, 3.05) is 0 Å². The van der Waals surface area contributed by atoms with Crippen molar-refractivity contribution in [1.82, 2.24) is 45.7 Å². The molecule has 5 heterocycles. The van der Waals surface area contributed by atoms with Crippen LogP contribution in [0.5, 0.6) is 0 Å². The fourth-order valence-electron chi connectivity index (χ4n) is 7.14. The van der Waals surface area contributed by atoms with Gasteiger partial charge in [0, 0.05) is 31.1 Å². The molecule has 49 heavy (non-hydrogen) atoms. The third-order valence-electron chi connectivity index (χ3n) is 10.2. The van der Waals surface area contributed by atoms with Crippen LogP contribution in [0.15, 0.2) is 27.6 Å². The first-order valence-corrected chi connectivity index (χ1v) is 16.4. The molecule has 0 aromatic carbocycles. The van der Waals surface area contributed by atoms with Crippen LogP contribution in [0.2, 0.25) is 0 Å². The first-order chi connectivity index (χ1) is 23.4. The van der Waals surface area contributed by atoms with E-state index in [0.717, 1.165) is 25.7 Å². The lowest BCUT2D eigenvalue weighted by Gasteiger charge is -2.33. The minimum absolute atomic E-state index is 0.0426. The van der Waals surface area contributed by atoms with E-state index in [-0.39, 0.29) is 67.8 Å². The van der Waals surface area contributed by atoms with Crippen LogP contribution in [-0.2, 0) is 17.6 Å². The second kappa shape index (κ2) is 11.5. The van der Waals surface area contributed by atoms with Gasteiger partial charge >= 0.3 is 6.18 Å². The van der Waals surface area contributed by atoms with E-state index in [1.54, 1.807) is 12.3 Å². The first kappa shape index (κ1) is 31.7. The molecule has 13 nitrogen and oxygen atoms in total. The van der Waals surface area contributed by atoms with E-state index < -0.39 is 47.8 Å². The quantitative estimate of drug-likeness (QED) is 0.222. The second-order valence-corrected chi connectivity index (χ2v) is 14.0. The summed E-state index contributed by atoms with van der Waals surface area (Å²) in [5, 5.41) is 21.1. The van der Waals surface area contributed by atoms with Gasteiger partial charge in [-0.05, 0) is 74.1 Å². The van der Waals surface area contributed by atoms with Crippen molar-refractivity contribution < 1.29 is 40.7 Å². The summed E-state index contributed by atoms with van der Waals surface area (Å²) in [7, 11) is 0. The Hall–Kier alpha value is -4.51. The zero-order chi connectivity index (χ0) is 34.1. The Morgan fingerprint density at radius 3 is 2.49 bits per heavy atom. The number of carbonyl (C=O) groups excluding carboxylic acids is 2. The van der Waals surface area contributed by atoms with Gasteiger partial charge in [-0.1, -0.05) is 10.3 Å². The summed E-state index contributed by atoms with van der Waals surface area (Å²) in [4.78, 5) is 35.8. The number of carbonyl (C=O) groups is 2. The molecule has 0 bridgehead atoms. The molecule has 260 valence electrons. The maximum atomic E-state index is 14.1. The average Bonchev–Trinajstić information content (AvgIpc) is 3.89. The van der Waals surface area contributed by atoms with Crippen LogP contribution >= 0.6 is 0 Å². The predicted octanol–water partition coefficient (Wildman–Crippen LogP) is 4.77. The molecule has 18 heteroatoms. The molecule has 8 rings (SSSR count). The van der Waals surface area contributed by atoms with Crippen molar-refractivity contribution in [3.63, 3.8) is 0 Å². The Morgan fingerprint density at radius 1 is 1.04 bits per heavy atom. The number of rotatable bonds is 10. The highest BCUT2D eigenvalue weighted by atomic mass is 19.4. The Morgan fingerprint density at radius 2 is 1.80 bits per heavy atom. The smallest absolute Gasteiger partial charge is 0.344 e. The van der Waals surface area contributed by atoms with Crippen LogP contribution < -0.4 is 10.6 Å². The average molecular weight is 690 g/mol. The van der Waals surface area contributed by atoms with Gasteiger partial charge in [-0.25, -0.2) is 22.9 Å². The van der Waals surface area contributed by atoms with Crippen molar-refractivity contribution >= 4 is 17.5 Å². The molecule has 3 saturated carbocycles. The molecule has 0 spiro atoms. The monoisotopic (exact) mass is 689 g/mol. The first-order valence-electron chi connectivity index (χ1n) is 16.4. The Bertz CT molecular complexity index is 1890. The van der Waals surface area contributed by atoms with Gasteiger partial charge in [0.15, 0.2) is 17.2 Å². The Kier molecular flexibility index (Phi) is 7.47. The van der Waals surface area contributed by atoms with Crippen LogP contribution in [0.3, 0.4) is 0 Å². The summed E-state index contributed by atoms with van der Waals surface area (Å²) in [6, 6.07) is -1.22. The molecular formula is C31H32F5N9O4. The van der Waals surface area contributed by atoms with Gasteiger partial charge < -0.3 is 15.2 Å². The number of hydrogen-bond donors (Lipinski definition) is 2. The molecule has 2 N–H and O–H groups in total. The summed E-state index contributed by atoms with van der Waals surface area (Å²) in [6.07, 6.45) is 0.600. The van der Waals surface area contributed by atoms with Gasteiger partial charge in [0.1, 0.15) is 11.7 Å². The summed E-state index contributed by atoms with van der Waals surface area (Å²) in [5.74, 6) is -3.74. The second-order valence-electron chi connectivity index (χ2n) is 14.0.